The van der Waals surface area contributed by atoms with Gasteiger partial charge >= 0.3 is 17.9 Å². The minimum atomic E-state index is -0.391. The number of nitrogens with two attached hydrogens (primary N) is 6. The quantitative estimate of drug-likeness (QED) is 0.00834. The standard InChI is InChI=1S/C40H66N2O2.C39H64N2O2.C38H56N2O2.2H2/c1-27(2)11-10-12-28(3)34-19-20-35-33-18-16-30-25-32(21-23-39(30,4)36(33)22-24-40(34,35)5)44-38(43)14-9-7-6-8-13-29-15-17-31(41)26-37(29)42;1-26(2)10-9-11-27(3)33-18-19-34-32-17-15-29-24-31(20-22-38(29,4)35(32)21-23-39(33,34)5)43-37(42)13-8-6-7-12-28-14-16-30(40)25-36(28)41;1-7-9-30(29-15-13-27(39)23-35(29)40)36(41)42-28-18-20-37(5)26(22-28)12-14-31-33-17-16-32(25(4)11-8-10-24(2)3)38(33,6)21-19-34(31)37;;/h15,17,26-28,30,32-36H,6-14,16,18-25,41-42H2,1-5H3;14,16,25-27,29,31-35H,6-13,15,17-24,40-41H2,1-5H3;13,15,23-26,28,31-34H,1,8,10-12,14,16-22,39-40H2,2-6H3;2*1H. The number of hydrogen-bond donors (Lipinski definition) is 6. The van der Waals surface area contributed by atoms with Crippen LogP contribution in [0.3, 0.4) is 0 Å². The molecule has 724 valence electrons. The van der Waals surface area contributed by atoms with E-state index in [2.05, 4.69) is 122 Å². The van der Waals surface area contributed by atoms with Crippen molar-refractivity contribution < 1.29 is 31.4 Å². The van der Waals surface area contributed by atoms with Gasteiger partial charge in [0.1, 0.15) is 23.9 Å². The molecule has 0 saturated heterocycles. The molecule has 12 saturated carbocycles. The van der Waals surface area contributed by atoms with E-state index >= 15 is 0 Å². The van der Waals surface area contributed by atoms with Gasteiger partial charge in [0.15, 0.2) is 0 Å². The zero-order valence-electron chi connectivity index (χ0n) is 84.4. The highest BCUT2D eigenvalue weighted by molar-refractivity contribution is 6.18. The Morgan fingerprint density at radius 1 is 0.364 bits per heavy atom. The third-order valence-electron chi connectivity index (χ3n) is 40.3. The Bertz CT molecular complexity index is 4280. The highest BCUT2D eigenvalue weighted by atomic mass is 16.6. The number of anilines is 6. The molecule has 3 aromatic carbocycles. The first-order valence-electron chi connectivity index (χ1n) is 54.2. The Hall–Kier alpha value is -5.83. The van der Waals surface area contributed by atoms with Crippen molar-refractivity contribution >= 4 is 57.6 Å². The summed E-state index contributed by atoms with van der Waals surface area (Å²) in [6, 6.07) is 16.7. The van der Waals surface area contributed by atoms with Crippen molar-refractivity contribution in [2.45, 2.75) is 424 Å². The van der Waals surface area contributed by atoms with Crippen LogP contribution in [0.4, 0.5) is 34.1 Å². The number of unbranched alkanes of at least 4 members (excludes halogenated alkanes) is 5. The number of rotatable bonds is 33. The molecule has 129 heavy (non-hydrogen) atoms. The van der Waals surface area contributed by atoms with Crippen LogP contribution in [0.1, 0.15) is 412 Å². The second kappa shape index (κ2) is 43.9. The van der Waals surface area contributed by atoms with Crippen LogP contribution in [-0.2, 0) is 41.4 Å². The maximum atomic E-state index is 13.4. The third-order valence-corrected chi connectivity index (χ3v) is 40.3. The number of hydrogen-bond acceptors (Lipinski definition) is 12. The van der Waals surface area contributed by atoms with E-state index < -0.39 is 5.97 Å². The molecule has 12 nitrogen and oxygen atoms in total. The van der Waals surface area contributed by atoms with Gasteiger partial charge in [0.2, 0.25) is 0 Å². The molecule has 27 atom stereocenters. The van der Waals surface area contributed by atoms with E-state index in [1.165, 1.54) is 192 Å². The first kappa shape index (κ1) is 101. The monoisotopic (exact) mass is 1780 g/mol. The van der Waals surface area contributed by atoms with Crippen LogP contribution in [0.5, 0.6) is 0 Å². The van der Waals surface area contributed by atoms with Gasteiger partial charge in [-0.25, -0.2) is 4.79 Å². The van der Waals surface area contributed by atoms with E-state index in [4.69, 9.17) is 48.6 Å². The highest BCUT2D eigenvalue weighted by Crippen LogP contribution is 2.73. The summed E-state index contributed by atoms with van der Waals surface area (Å²) in [5, 5.41) is 0. The van der Waals surface area contributed by atoms with Gasteiger partial charge in [-0.2, -0.15) is 0 Å². The molecule has 0 aliphatic heterocycles. The fraction of sp³-hybridized carbons (Fsp3) is 0.786. The highest BCUT2D eigenvalue weighted by Gasteiger charge is 2.65. The Kier molecular flexibility index (Phi) is 34.2. The van der Waals surface area contributed by atoms with Gasteiger partial charge in [0.05, 0.1) is 0 Å². The zero-order chi connectivity index (χ0) is 92.5. The molecule has 0 heterocycles. The van der Waals surface area contributed by atoms with E-state index in [0.29, 0.717) is 73.9 Å². The molecule has 0 spiro atoms. The lowest BCUT2D eigenvalue weighted by Crippen LogP contribution is -2.54. The molecule has 12 fully saturated rings. The second-order valence-corrected chi connectivity index (χ2v) is 49.1. The lowest BCUT2D eigenvalue weighted by atomic mass is 9.44. The number of carbonyl (C=O) groups is 3. The Morgan fingerprint density at radius 3 is 1.02 bits per heavy atom. The molecule has 12 heteroatoms. The molecular formula is C117H190N6O6. The molecule has 12 aliphatic carbocycles. The van der Waals surface area contributed by atoms with Gasteiger partial charge in [-0.3, -0.25) is 9.59 Å². The van der Waals surface area contributed by atoms with Crippen molar-refractivity contribution in [3.8, 4) is 0 Å². The van der Waals surface area contributed by atoms with E-state index in [9.17, 15) is 14.4 Å². The first-order valence-corrected chi connectivity index (χ1v) is 54.2. The number of carbonyl (C=O) groups excluding carboxylic acids is 3. The summed E-state index contributed by atoms with van der Waals surface area (Å²) in [5.74, 6) is 17.7. The van der Waals surface area contributed by atoms with Gasteiger partial charge in [0.25, 0.3) is 0 Å². The van der Waals surface area contributed by atoms with Crippen molar-refractivity contribution in [2.24, 2.45) is 157 Å². The average molecular weight is 1780 g/mol. The fourth-order valence-electron chi connectivity index (χ4n) is 33.3. The lowest BCUT2D eigenvalue weighted by Gasteiger charge is -2.61. The molecule has 27 unspecified atom stereocenters. The van der Waals surface area contributed by atoms with Crippen LogP contribution in [-0.4, -0.2) is 36.2 Å². The Labute approximate surface area is 788 Å². The number of benzene rings is 3. The van der Waals surface area contributed by atoms with Gasteiger partial charge in [-0.1, -0.05) is 205 Å². The minimum Gasteiger partial charge on any atom is -0.462 e. The summed E-state index contributed by atoms with van der Waals surface area (Å²) in [7, 11) is 0. The van der Waals surface area contributed by atoms with Crippen LogP contribution in [0, 0.1) is 157 Å². The number of nitrogen functional groups attached to an aromatic ring is 6. The summed E-state index contributed by atoms with van der Waals surface area (Å²) < 4.78 is 18.4. The predicted octanol–water partition coefficient (Wildman–Crippen LogP) is 30.1. The smallest absolute Gasteiger partial charge is 0.347 e. The van der Waals surface area contributed by atoms with E-state index in [-0.39, 0.29) is 38.7 Å². The molecule has 0 bridgehead atoms. The molecule has 0 aromatic heterocycles. The molecule has 12 N–H and O–H groups in total. The molecule has 3 aromatic rings. The molecule has 12 aliphatic rings. The summed E-state index contributed by atoms with van der Waals surface area (Å²) in [6.45, 7) is 41.6. The molecule has 0 radical (unpaired) electrons. The third kappa shape index (κ3) is 23.0. The van der Waals surface area contributed by atoms with Crippen molar-refractivity contribution in [1.29, 1.82) is 0 Å². The molecule has 0 amide bonds. The van der Waals surface area contributed by atoms with E-state index in [1.807, 2.05) is 36.4 Å². The van der Waals surface area contributed by atoms with Crippen LogP contribution < -0.4 is 34.4 Å². The van der Waals surface area contributed by atoms with Gasteiger partial charge in [0, 0.05) is 55.4 Å². The SMILES string of the molecule is C=C=C=C(C(=O)OC1CCC2(C)C(CCC3C2CCC2(C)C(C(C)CCCC(C)C)CCC32)C1)c1ccc(N)cc1N.CC(C)CCCC(C)C1CCC2C3CCC4CC(OC(=O)CCCCCCc5ccc(N)cc5N)CCC4(C)C3CCC12C.CC(C)CCCC(C)C1CCC2C3CCC4CC(OC(=O)CCCCCc5ccc(N)cc5N)CCC4(C)C3CCC12C.[HH].[HH]. The lowest BCUT2D eigenvalue weighted by molar-refractivity contribution is -0.163. The van der Waals surface area contributed by atoms with Crippen LogP contribution in [0.15, 0.2) is 72.6 Å². The maximum absolute atomic E-state index is 13.4. The Balaban J connectivity index is 0.000000188. The van der Waals surface area contributed by atoms with Crippen LogP contribution in [0.25, 0.3) is 5.57 Å². The zero-order valence-corrected chi connectivity index (χ0v) is 84.4. The molecular weight excluding hydrogens is 1590 g/mol. The minimum absolute atomic E-state index is 0. The topological polar surface area (TPSA) is 235 Å². The first-order chi connectivity index (χ1) is 61.5. The molecule has 15 rings (SSSR count). The summed E-state index contributed by atoms with van der Waals surface area (Å²) in [4.78, 5) is 39.0. The van der Waals surface area contributed by atoms with E-state index in [1.54, 1.807) is 18.2 Å². The second-order valence-electron chi connectivity index (χ2n) is 49.1. The van der Waals surface area contributed by atoms with Crippen LogP contribution in [0.2, 0.25) is 0 Å². The Morgan fingerprint density at radius 2 is 0.682 bits per heavy atom. The summed E-state index contributed by atoms with van der Waals surface area (Å²) >= 11 is 0. The number of aryl methyl sites for hydroxylation is 2. The number of ether oxygens (including phenoxy) is 3. The predicted molar refractivity (Wildman–Crippen MR) is 544 cm³/mol. The van der Waals surface area contributed by atoms with Crippen molar-refractivity contribution in [3.05, 3.63) is 89.3 Å². The normalized spacial score (nSPS) is 35.9. The average Bonchev–Trinajstić information content (AvgIpc) is 1.65. The van der Waals surface area contributed by atoms with Crippen LogP contribution >= 0.6 is 0 Å². The number of esters is 3. The van der Waals surface area contributed by atoms with Crippen molar-refractivity contribution in [2.75, 3.05) is 34.4 Å². The summed E-state index contributed by atoms with van der Waals surface area (Å²) in [6.07, 6.45) is 58.4. The maximum Gasteiger partial charge on any atom is 0.347 e. The van der Waals surface area contributed by atoms with E-state index in [0.717, 1.165) is 244 Å². The van der Waals surface area contributed by atoms with Gasteiger partial charge in [-0.15, -0.1) is 0 Å². The number of fused-ring (bicyclic) bond motifs is 15. The largest absolute Gasteiger partial charge is 0.462 e. The van der Waals surface area contributed by atoms with Crippen molar-refractivity contribution in [1.82, 2.24) is 0 Å². The fourth-order valence-corrected chi connectivity index (χ4v) is 33.3. The van der Waals surface area contributed by atoms with Gasteiger partial charge < -0.3 is 48.6 Å². The summed E-state index contributed by atoms with van der Waals surface area (Å²) in [5.41, 5.74) is 51.4. The van der Waals surface area contributed by atoms with Crippen molar-refractivity contribution in [3.63, 3.8) is 0 Å². The van der Waals surface area contributed by atoms with Gasteiger partial charge in [-0.05, 0) is 429 Å².